The third-order valence-electron chi connectivity index (χ3n) is 5.41. The van der Waals surface area contributed by atoms with Crippen LogP contribution in [0.5, 0.6) is 0 Å². The lowest BCUT2D eigenvalue weighted by molar-refractivity contribution is 0.457. The number of hydrogen-bond acceptors (Lipinski definition) is 3. The molecule has 20 heavy (non-hydrogen) atoms. The van der Waals surface area contributed by atoms with Gasteiger partial charge in [0, 0.05) is 12.1 Å². The van der Waals surface area contributed by atoms with Gasteiger partial charge in [-0.1, -0.05) is 39.8 Å². The predicted molar refractivity (Wildman–Crippen MR) is 79.2 cm³/mol. The van der Waals surface area contributed by atoms with Crippen molar-refractivity contribution in [3.8, 4) is 0 Å². The summed E-state index contributed by atoms with van der Waals surface area (Å²) in [6, 6.07) is 6.98. The molecule has 1 N–H and O–H groups in total. The first-order valence-corrected chi connectivity index (χ1v) is 8.33. The number of hydrogen-bond donors (Lipinski definition) is 1. The molecule has 0 spiro atoms. The van der Waals surface area contributed by atoms with Gasteiger partial charge in [-0.3, -0.25) is 9.71 Å². The molecule has 1 aliphatic carbocycles. The highest BCUT2D eigenvalue weighted by Gasteiger charge is 2.64. The number of rotatable bonds is 2. The van der Waals surface area contributed by atoms with Crippen molar-refractivity contribution in [2.75, 3.05) is 6.54 Å². The Morgan fingerprint density at radius 1 is 1.15 bits per heavy atom. The van der Waals surface area contributed by atoms with Gasteiger partial charge in [0.15, 0.2) is 0 Å². The van der Waals surface area contributed by atoms with Crippen molar-refractivity contribution in [3.05, 3.63) is 29.8 Å². The highest BCUT2D eigenvalue weighted by atomic mass is 32.2. The van der Waals surface area contributed by atoms with Gasteiger partial charge in [-0.25, -0.2) is 8.42 Å². The maximum absolute atomic E-state index is 12.0. The molecule has 3 rings (SSSR count). The first kappa shape index (κ1) is 13.6. The fourth-order valence-electron chi connectivity index (χ4n) is 3.22. The van der Waals surface area contributed by atoms with E-state index in [1.165, 1.54) is 0 Å². The SMILES string of the molecule is CC1(C)C(CN=C2NS(=O)(=O)c3ccccc32)C1(C)C. The molecule has 108 valence electrons. The number of fused-ring (bicyclic) bond motifs is 1. The molecule has 0 bridgehead atoms. The van der Waals surface area contributed by atoms with Gasteiger partial charge in [0.2, 0.25) is 0 Å². The second-order valence-corrected chi connectivity index (χ2v) is 8.44. The van der Waals surface area contributed by atoms with E-state index in [0.717, 1.165) is 0 Å². The summed E-state index contributed by atoms with van der Waals surface area (Å²) in [4.78, 5) is 4.87. The highest BCUT2D eigenvalue weighted by Crippen LogP contribution is 2.68. The van der Waals surface area contributed by atoms with Crippen LogP contribution >= 0.6 is 0 Å². The van der Waals surface area contributed by atoms with Gasteiger partial charge in [0.25, 0.3) is 10.0 Å². The Labute approximate surface area is 120 Å². The monoisotopic (exact) mass is 292 g/mol. The summed E-state index contributed by atoms with van der Waals surface area (Å²) in [6.07, 6.45) is 0. The molecule has 0 radical (unpaired) electrons. The van der Waals surface area contributed by atoms with E-state index in [9.17, 15) is 8.42 Å². The summed E-state index contributed by atoms with van der Waals surface area (Å²) in [5, 5.41) is 0. The maximum atomic E-state index is 12.0. The van der Waals surface area contributed by atoms with Gasteiger partial charge in [-0.15, -0.1) is 0 Å². The van der Waals surface area contributed by atoms with Gasteiger partial charge >= 0.3 is 0 Å². The quantitative estimate of drug-likeness (QED) is 0.910. The van der Waals surface area contributed by atoms with Crippen LogP contribution in [-0.2, 0) is 10.0 Å². The molecule has 4 nitrogen and oxygen atoms in total. The third kappa shape index (κ3) is 1.72. The molecule has 1 heterocycles. The fourth-order valence-corrected chi connectivity index (χ4v) is 4.47. The van der Waals surface area contributed by atoms with Crippen molar-refractivity contribution in [2.24, 2.45) is 21.7 Å². The Bertz CT molecular complexity index is 688. The molecule has 0 aromatic heterocycles. The Balaban J connectivity index is 1.89. The van der Waals surface area contributed by atoms with Crippen LogP contribution in [0, 0.1) is 16.7 Å². The van der Waals surface area contributed by atoms with E-state index >= 15 is 0 Å². The van der Waals surface area contributed by atoms with Crippen molar-refractivity contribution in [1.82, 2.24) is 4.72 Å². The topological polar surface area (TPSA) is 58.5 Å². The molecule has 0 unspecified atom stereocenters. The van der Waals surface area contributed by atoms with Crippen LogP contribution in [0.4, 0.5) is 0 Å². The van der Waals surface area contributed by atoms with Crippen LogP contribution in [-0.4, -0.2) is 20.8 Å². The van der Waals surface area contributed by atoms with E-state index in [4.69, 9.17) is 0 Å². The summed E-state index contributed by atoms with van der Waals surface area (Å²) in [6.45, 7) is 9.62. The summed E-state index contributed by atoms with van der Waals surface area (Å²) < 4.78 is 26.5. The number of benzene rings is 1. The van der Waals surface area contributed by atoms with Gasteiger partial charge in [-0.05, 0) is 28.9 Å². The van der Waals surface area contributed by atoms with Crippen LogP contribution in [0.2, 0.25) is 0 Å². The van der Waals surface area contributed by atoms with Crippen molar-refractivity contribution in [1.29, 1.82) is 0 Å². The second kappa shape index (κ2) is 3.85. The fraction of sp³-hybridized carbons (Fsp3) is 0.533. The standard InChI is InChI=1S/C15H20N2O2S/c1-14(2)12(15(14,3)4)9-16-13-10-7-5-6-8-11(10)20(18,19)17-13/h5-8,12H,9H2,1-4H3,(H,16,17). The lowest BCUT2D eigenvalue weighted by Crippen LogP contribution is -2.22. The summed E-state index contributed by atoms with van der Waals surface area (Å²) in [5.74, 6) is 0.971. The molecule has 1 aromatic carbocycles. The van der Waals surface area contributed by atoms with Gasteiger partial charge in [-0.2, -0.15) is 0 Å². The van der Waals surface area contributed by atoms with Crippen LogP contribution in [0.1, 0.15) is 33.3 Å². The molecule has 0 atom stereocenters. The van der Waals surface area contributed by atoms with Gasteiger partial charge in [0.05, 0.1) is 4.90 Å². The number of aliphatic imine (C=N–C) groups is 1. The Hall–Kier alpha value is -1.36. The normalized spacial score (nSPS) is 27.1. The number of amidine groups is 1. The molecule has 1 aromatic rings. The van der Waals surface area contributed by atoms with Crippen LogP contribution < -0.4 is 4.72 Å². The van der Waals surface area contributed by atoms with Crippen LogP contribution in [0.3, 0.4) is 0 Å². The van der Waals surface area contributed by atoms with Crippen molar-refractivity contribution >= 4 is 15.9 Å². The van der Waals surface area contributed by atoms with E-state index in [1.54, 1.807) is 18.2 Å². The maximum Gasteiger partial charge on any atom is 0.263 e. The Kier molecular flexibility index (Phi) is 2.62. The van der Waals surface area contributed by atoms with Gasteiger partial charge < -0.3 is 0 Å². The number of nitrogens with one attached hydrogen (secondary N) is 1. The van der Waals surface area contributed by atoms with E-state index < -0.39 is 10.0 Å². The zero-order valence-corrected chi connectivity index (χ0v) is 13.1. The highest BCUT2D eigenvalue weighted by molar-refractivity contribution is 7.90. The molecule has 5 heteroatoms. The summed E-state index contributed by atoms with van der Waals surface area (Å²) in [7, 11) is -3.42. The summed E-state index contributed by atoms with van der Waals surface area (Å²) in [5.41, 5.74) is 1.20. The number of sulfonamides is 1. The Morgan fingerprint density at radius 2 is 1.75 bits per heavy atom. The van der Waals surface area contributed by atoms with Crippen molar-refractivity contribution in [3.63, 3.8) is 0 Å². The van der Waals surface area contributed by atoms with E-state index in [-0.39, 0.29) is 10.8 Å². The lowest BCUT2D eigenvalue weighted by Gasteiger charge is -2.04. The molecule has 1 aliphatic heterocycles. The molecule has 0 amide bonds. The van der Waals surface area contributed by atoms with Crippen LogP contribution in [0.15, 0.2) is 34.2 Å². The minimum atomic E-state index is -3.42. The van der Waals surface area contributed by atoms with Gasteiger partial charge in [0.1, 0.15) is 5.84 Å². The lowest BCUT2D eigenvalue weighted by atomic mass is 10.0. The third-order valence-corrected chi connectivity index (χ3v) is 6.81. The van der Waals surface area contributed by atoms with Crippen LogP contribution in [0.25, 0.3) is 0 Å². The van der Waals surface area contributed by atoms with E-state index in [1.807, 2.05) is 6.07 Å². The largest absolute Gasteiger partial charge is 0.267 e. The Morgan fingerprint density at radius 3 is 2.35 bits per heavy atom. The van der Waals surface area contributed by atoms with E-state index in [2.05, 4.69) is 37.4 Å². The molecular formula is C15H20N2O2S. The molecule has 2 aliphatic rings. The molecule has 0 saturated heterocycles. The number of nitrogens with zero attached hydrogens (tertiary/aromatic N) is 1. The molecular weight excluding hydrogens is 272 g/mol. The molecule has 1 fully saturated rings. The smallest absolute Gasteiger partial charge is 0.263 e. The van der Waals surface area contributed by atoms with Crippen molar-refractivity contribution < 1.29 is 8.42 Å². The van der Waals surface area contributed by atoms with Crippen molar-refractivity contribution in [2.45, 2.75) is 32.6 Å². The average Bonchev–Trinajstić information content (AvgIpc) is 2.62. The summed E-state index contributed by atoms with van der Waals surface area (Å²) >= 11 is 0. The zero-order chi connectivity index (χ0) is 14.8. The van der Waals surface area contributed by atoms with E-state index in [0.29, 0.717) is 28.8 Å². The average molecular weight is 292 g/mol. The first-order valence-electron chi connectivity index (χ1n) is 6.84. The predicted octanol–water partition coefficient (Wildman–Crippen LogP) is 2.41. The molecule has 1 saturated carbocycles. The first-order chi connectivity index (χ1) is 9.18. The zero-order valence-electron chi connectivity index (χ0n) is 12.3. The minimum absolute atomic E-state index is 0.258. The minimum Gasteiger partial charge on any atom is -0.267 e. The second-order valence-electron chi connectivity index (χ2n) is 6.79.